The highest BCUT2D eigenvalue weighted by molar-refractivity contribution is 7.46. The summed E-state index contributed by atoms with van der Waals surface area (Å²) in [5.74, 6) is -24.9. The van der Waals surface area contributed by atoms with E-state index in [1.807, 2.05) is 0 Å². The lowest BCUT2D eigenvalue weighted by atomic mass is 10.0. The molecule has 0 unspecified atom stereocenters. The number of alkyl halides is 3. The third-order valence-corrected chi connectivity index (χ3v) is 17.2. The molecule has 3 rings (SSSR count). The first-order valence-electron chi connectivity index (χ1n) is 34.9. The van der Waals surface area contributed by atoms with Crippen LogP contribution in [0.1, 0.15) is 123 Å². The van der Waals surface area contributed by atoms with Crippen molar-refractivity contribution >= 4 is 120 Å². The van der Waals surface area contributed by atoms with E-state index in [0.29, 0.717) is 0 Å². The quantitative estimate of drug-likeness (QED) is 0.0270. The number of carbonyl (C=O) groups excluding carboxylic acids is 15. The van der Waals surface area contributed by atoms with Crippen LogP contribution in [0.2, 0.25) is 0 Å². The number of nitrogens with two attached hydrogens (primary N) is 4. The number of phosphoric ester groups is 1. The number of carboxylic acid groups (broad SMARTS) is 4. The van der Waals surface area contributed by atoms with Gasteiger partial charge >= 0.3 is 37.9 Å². The van der Waals surface area contributed by atoms with Gasteiger partial charge in [0.1, 0.15) is 78.3 Å². The van der Waals surface area contributed by atoms with Gasteiger partial charge in [0.15, 0.2) is 0 Å². The van der Waals surface area contributed by atoms with E-state index in [1.165, 1.54) is 12.1 Å². The van der Waals surface area contributed by atoms with Crippen molar-refractivity contribution in [3.8, 4) is 5.75 Å². The number of aliphatic carboxylic acids is 4. The second kappa shape index (κ2) is 46.7. The molecule has 0 saturated carbocycles. The van der Waals surface area contributed by atoms with Crippen LogP contribution >= 0.6 is 7.82 Å². The van der Waals surface area contributed by atoms with Crippen molar-refractivity contribution in [3.05, 3.63) is 29.8 Å². The van der Waals surface area contributed by atoms with Gasteiger partial charge in [-0.15, -0.1) is 0 Å². The van der Waals surface area contributed by atoms with Crippen LogP contribution in [0.15, 0.2) is 24.3 Å². The molecule has 0 radical (unpaired) electrons. The second-order valence-corrected chi connectivity index (χ2v) is 27.7. The van der Waals surface area contributed by atoms with Gasteiger partial charge in [-0.25, -0.2) is 14.2 Å². The van der Waals surface area contributed by atoms with Crippen LogP contribution in [-0.4, -0.2) is 285 Å². The standard InChI is InChI=1S/C62H95N16O28P.C2HF3O2/c1-28(2)23-39(62(101)102)74-54(93)38(25-45(65)84)73-51(90)33(15-19-47(86)87)68-46(85)26-67-56(95)41-7-5-21-77(41)60(99)35(14-18-44(64)83)70-53(92)37(24-31-9-11-32(12-10-31)106-107(103,104)105)72-52(91)34(13-17-43(63)82)69-57(96)42-8-6-22-78(42)61(100)36(16-20-48(88)89)71-59(98)50(30(4)81)76-55(94)40(27-79)75-58(97)49(66)29(3)80;3-2(4,5)1(6)7/h9-12,28-30,33-42,49-50,79-81H,5-8,13-27,66H2,1-4H3,(H2,63,82)(H2,64,83)(H2,65,84)(H,67,95)(H,68,85)(H,69,96)(H,70,92)(H,71,98)(H,72,91)(H,73,90)(H,74,93)(H,75,97)(H,76,94)(H,86,87)(H,88,89)(H,101,102)(H2,103,104,105);(H,6,7)/t29-,30-,33+,34+,35+,36+,37+,38+,39+,40+,41+,42+,49+,50+;/m1./s1. The Balaban J connectivity index is 0.00000599. The number of nitrogens with zero attached hydrogens (tertiary/aromatic N) is 2. The molecule has 27 N–H and O–H groups in total. The molecule has 2 heterocycles. The number of likely N-dealkylation sites (tertiary alicyclic amines) is 2. The number of halogens is 3. The van der Waals surface area contributed by atoms with Gasteiger partial charge in [-0.1, -0.05) is 26.0 Å². The number of primary amides is 3. The SMILES string of the molecule is CC(C)C[C@H](NC(=O)[C@H](CC(N)=O)NC(=O)[C@H](CCC(=O)O)NC(=O)CNC(=O)[C@@H]1CCCN1C(=O)[C@H](CCC(N)=O)NC(=O)[C@H](Cc1ccc(OP(=O)(O)O)cc1)NC(=O)[C@H](CCC(N)=O)NC(=O)[C@@H]1CCCN1C(=O)[C@H](CCC(=O)O)NC(=O)[C@@H](NC(=O)[C@H](CO)NC(=O)[C@@H](N)[C@@H](C)O)[C@@H](C)O)C(=O)O.O=C(O)C(F)(F)F. The van der Waals surface area contributed by atoms with Crippen LogP contribution in [0.25, 0.3) is 0 Å². The predicted octanol–water partition coefficient (Wildman–Crippen LogP) is -8.86. The molecule has 0 bridgehead atoms. The summed E-state index contributed by atoms with van der Waals surface area (Å²) in [6.07, 6.45) is -15.2. The van der Waals surface area contributed by atoms with Crippen LogP contribution in [0.3, 0.4) is 0 Å². The molecule has 1 aromatic carbocycles. The maximum atomic E-state index is 14.8. The fraction of sp³-hybridized carbons (Fsp3) is 0.609. The number of benzene rings is 1. The summed E-state index contributed by atoms with van der Waals surface area (Å²) in [7, 11) is -5.13. The molecule has 15 amide bonds. The highest BCUT2D eigenvalue weighted by Gasteiger charge is 2.44. The molecule has 14 atom stereocenters. The molecule has 0 aliphatic carbocycles. The van der Waals surface area contributed by atoms with Crippen molar-refractivity contribution in [2.45, 2.75) is 215 Å². The lowest BCUT2D eigenvalue weighted by molar-refractivity contribution is -0.192. The molecular weight excluding hydrogens is 1560 g/mol. The minimum absolute atomic E-state index is 0.0597. The third-order valence-electron chi connectivity index (χ3n) is 16.8. The van der Waals surface area contributed by atoms with Crippen molar-refractivity contribution in [1.29, 1.82) is 0 Å². The average molecular weight is 1660 g/mol. The van der Waals surface area contributed by atoms with Gasteiger partial charge in [0.05, 0.1) is 31.8 Å². The fourth-order valence-electron chi connectivity index (χ4n) is 11.0. The number of aliphatic hydroxyl groups excluding tert-OH is 3. The molecule has 638 valence electrons. The Hall–Kier alpha value is -11.3. The zero-order chi connectivity index (χ0) is 87.0. The van der Waals surface area contributed by atoms with Crippen LogP contribution in [0.5, 0.6) is 5.75 Å². The Labute approximate surface area is 645 Å². The van der Waals surface area contributed by atoms with E-state index in [0.717, 1.165) is 35.8 Å². The summed E-state index contributed by atoms with van der Waals surface area (Å²) in [6, 6.07) is -16.3. The van der Waals surface area contributed by atoms with E-state index in [9.17, 15) is 144 Å². The Morgan fingerprint density at radius 2 is 0.939 bits per heavy atom. The van der Waals surface area contributed by atoms with Gasteiger partial charge in [0, 0.05) is 45.2 Å². The Bertz CT molecular complexity index is 3700. The smallest absolute Gasteiger partial charge is 0.481 e. The van der Waals surface area contributed by atoms with Gasteiger partial charge in [-0.2, -0.15) is 13.2 Å². The number of hydrogen-bond donors (Lipinski definition) is 23. The summed E-state index contributed by atoms with van der Waals surface area (Å²) in [6.45, 7) is 2.99. The number of hydrogen-bond acceptors (Lipinski definition) is 25. The first-order valence-corrected chi connectivity index (χ1v) is 36.4. The van der Waals surface area contributed by atoms with Crippen LogP contribution in [0, 0.1) is 5.92 Å². The maximum Gasteiger partial charge on any atom is 0.524 e. The number of aliphatic hydroxyl groups is 3. The fourth-order valence-corrected chi connectivity index (χ4v) is 11.4. The number of carbonyl (C=O) groups is 19. The van der Waals surface area contributed by atoms with E-state index in [4.69, 9.17) is 32.8 Å². The number of phosphoric acid groups is 1. The van der Waals surface area contributed by atoms with Crippen molar-refractivity contribution in [2.24, 2.45) is 28.9 Å². The molecule has 2 aliphatic heterocycles. The van der Waals surface area contributed by atoms with Crippen LogP contribution in [0.4, 0.5) is 13.2 Å². The van der Waals surface area contributed by atoms with Crippen molar-refractivity contribution in [3.63, 3.8) is 0 Å². The lowest BCUT2D eigenvalue weighted by Gasteiger charge is -2.31. The van der Waals surface area contributed by atoms with Gasteiger partial charge in [0.2, 0.25) is 88.6 Å². The molecule has 2 aliphatic rings. The number of nitrogens with one attached hydrogen (secondary N) is 10. The molecular formula is C64H96F3N16O30P. The van der Waals surface area contributed by atoms with Crippen molar-refractivity contribution in [2.75, 3.05) is 26.2 Å². The van der Waals surface area contributed by atoms with E-state index >= 15 is 0 Å². The Morgan fingerprint density at radius 1 is 0.526 bits per heavy atom. The van der Waals surface area contributed by atoms with E-state index in [2.05, 4.69) is 57.7 Å². The highest BCUT2D eigenvalue weighted by Crippen LogP contribution is 2.37. The molecule has 2 fully saturated rings. The summed E-state index contributed by atoms with van der Waals surface area (Å²) in [5, 5.41) is 88.6. The summed E-state index contributed by atoms with van der Waals surface area (Å²) < 4.78 is 48.0. The normalized spacial score (nSPS) is 17.1. The largest absolute Gasteiger partial charge is 0.524 e. The van der Waals surface area contributed by atoms with Gasteiger partial charge in [-0.05, 0) is 95.2 Å². The third kappa shape index (κ3) is 35.2. The zero-order valence-electron chi connectivity index (χ0n) is 61.8. The summed E-state index contributed by atoms with van der Waals surface area (Å²) in [4.78, 5) is 268. The highest BCUT2D eigenvalue weighted by atomic mass is 31.2. The Morgan fingerprint density at radius 3 is 1.38 bits per heavy atom. The van der Waals surface area contributed by atoms with E-state index in [-0.39, 0.29) is 62.4 Å². The molecule has 0 spiro atoms. The first-order chi connectivity index (χ1) is 52.9. The lowest BCUT2D eigenvalue weighted by Crippen LogP contribution is -2.62. The van der Waals surface area contributed by atoms with Crippen LogP contribution < -0.4 is 80.6 Å². The zero-order valence-corrected chi connectivity index (χ0v) is 62.7. The monoisotopic (exact) mass is 1660 g/mol. The van der Waals surface area contributed by atoms with Gasteiger partial charge < -0.3 is 126 Å². The number of rotatable bonds is 46. The minimum atomic E-state index is -5.13. The van der Waals surface area contributed by atoms with Crippen LogP contribution in [-0.2, 0) is 102 Å². The second-order valence-electron chi connectivity index (χ2n) is 26.6. The van der Waals surface area contributed by atoms with Crippen molar-refractivity contribution < 1.29 is 159 Å². The first kappa shape index (κ1) is 98.8. The van der Waals surface area contributed by atoms with E-state index in [1.54, 1.807) is 13.8 Å². The van der Waals surface area contributed by atoms with Crippen molar-refractivity contribution in [1.82, 2.24) is 63.0 Å². The van der Waals surface area contributed by atoms with E-state index < -0.39 is 289 Å². The molecule has 1 aromatic rings. The molecule has 114 heavy (non-hydrogen) atoms. The molecule has 46 nitrogen and oxygen atoms in total. The predicted molar refractivity (Wildman–Crippen MR) is 376 cm³/mol. The van der Waals surface area contributed by atoms with Gasteiger partial charge in [-0.3, -0.25) is 91.3 Å². The number of amides is 15. The number of carboxylic acids is 4. The summed E-state index contributed by atoms with van der Waals surface area (Å²) >= 11 is 0. The molecule has 0 aromatic heterocycles. The minimum Gasteiger partial charge on any atom is -0.481 e. The average Bonchev–Trinajstić information content (AvgIpc) is 1.64. The molecule has 2 saturated heterocycles. The molecule has 50 heteroatoms. The topological polar surface area (TPSA) is 764 Å². The summed E-state index contributed by atoms with van der Waals surface area (Å²) in [5.41, 5.74) is 21.9. The van der Waals surface area contributed by atoms with Gasteiger partial charge in [0.25, 0.3) is 0 Å². The Kier molecular flexibility index (Phi) is 40.4. The maximum absolute atomic E-state index is 14.8.